The Bertz CT molecular complexity index is 1160. The number of benzene rings is 2. The maximum atomic E-state index is 12.4. The fraction of sp³-hybridized carbons (Fsp3) is 0.150. The van der Waals surface area contributed by atoms with E-state index in [1.54, 1.807) is 20.3 Å². The Kier molecular flexibility index (Phi) is 5.66. The van der Waals surface area contributed by atoms with Crippen LogP contribution < -0.4 is 14.8 Å². The highest BCUT2D eigenvalue weighted by molar-refractivity contribution is 7.14. The van der Waals surface area contributed by atoms with E-state index in [2.05, 4.69) is 25.7 Å². The van der Waals surface area contributed by atoms with Gasteiger partial charge in [-0.25, -0.2) is 4.98 Å². The van der Waals surface area contributed by atoms with Crippen molar-refractivity contribution in [3.63, 3.8) is 0 Å². The van der Waals surface area contributed by atoms with Crippen LogP contribution in [0, 0.1) is 0 Å². The molecule has 4 rings (SSSR count). The first-order valence-electron chi connectivity index (χ1n) is 8.97. The zero-order chi connectivity index (χ0) is 20.9. The molecule has 30 heavy (non-hydrogen) atoms. The molecule has 0 spiro atoms. The summed E-state index contributed by atoms with van der Waals surface area (Å²) in [6.07, 6.45) is 0. The first kappa shape index (κ1) is 19.5. The van der Waals surface area contributed by atoms with Gasteiger partial charge >= 0.3 is 0 Å². The lowest BCUT2D eigenvalue weighted by Gasteiger charge is -2.08. The van der Waals surface area contributed by atoms with Crippen LogP contribution in [-0.2, 0) is 11.3 Å². The zero-order valence-corrected chi connectivity index (χ0v) is 17.1. The predicted molar refractivity (Wildman–Crippen MR) is 113 cm³/mol. The highest BCUT2D eigenvalue weighted by atomic mass is 32.1. The van der Waals surface area contributed by atoms with Gasteiger partial charge in [-0.05, 0) is 17.3 Å². The van der Waals surface area contributed by atoms with Gasteiger partial charge in [0.1, 0.15) is 18.0 Å². The van der Waals surface area contributed by atoms with Gasteiger partial charge in [-0.3, -0.25) is 4.79 Å². The molecule has 9 nitrogen and oxygen atoms in total. The molecule has 0 bridgehead atoms. The molecule has 0 saturated heterocycles. The SMILES string of the molecule is COc1ccc(-c2csc(NC(=O)Cn3nnc(-c4ccccc4)n3)n2)c(OC)c1. The van der Waals surface area contributed by atoms with Crippen molar-refractivity contribution in [3.05, 3.63) is 53.9 Å². The van der Waals surface area contributed by atoms with Crippen LogP contribution in [0.3, 0.4) is 0 Å². The standard InChI is InChI=1S/C20H18N6O3S/c1-28-14-8-9-15(17(10-14)29-2)16-12-30-20(21-16)22-18(27)11-26-24-19(23-25-26)13-6-4-3-5-7-13/h3-10,12H,11H2,1-2H3,(H,21,22,27). The molecule has 0 atom stereocenters. The number of carbonyl (C=O) groups is 1. The molecule has 0 aliphatic heterocycles. The van der Waals surface area contributed by atoms with Gasteiger partial charge in [-0.15, -0.1) is 21.5 Å². The van der Waals surface area contributed by atoms with Crippen LogP contribution in [0.15, 0.2) is 53.9 Å². The van der Waals surface area contributed by atoms with Gasteiger partial charge in [0, 0.05) is 22.6 Å². The molecule has 1 amide bonds. The van der Waals surface area contributed by atoms with E-state index < -0.39 is 0 Å². The summed E-state index contributed by atoms with van der Waals surface area (Å²) in [4.78, 5) is 18.1. The fourth-order valence-electron chi connectivity index (χ4n) is 2.77. The van der Waals surface area contributed by atoms with Crippen LogP contribution >= 0.6 is 11.3 Å². The Morgan fingerprint density at radius 3 is 2.73 bits per heavy atom. The predicted octanol–water partition coefficient (Wildman–Crippen LogP) is 3.12. The van der Waals surface area contributed by atoms with E-state index in [-0.39, 0.29) is 12.5 Å². The number of carbonyl (C=O) groups excluding carboxylic acids is 1. The summed E-state index contributed by atoms with van der Waals surface area (Å²) >= 11 is 1.32. The lowest BCUT2D eigenvalue weighted by Crippen LogP contribution is -2.20. The first-order chi connectivity index (χ1) is 14.7. The smallest absolute Gasteiger partial charge is 0.249 e. The molecular formula is C20H18N6O3S. The van der Waals surface area contributed by atoms with Crippen LogP contribution in [0.25, 0.3) is 22.6 Å². The van der Waals surface area contributed by atoms with Crippen molar-refractivity contribution in [3.8, 4) is 34.1 Å². The molecule has 0 aliphatic rings. The monoisotopic (exact) mass is 422 g/mol. The molecule has 0 fully saturated rings. The second-order valence-electron chi connectivity index (χ2n) is 6.16. The summed E-state index contributed by atoms with van der Waals surface area (Å²) in [5, 5.41) is 17.2. The Morgan fingerprint density at radius 1 is 1.13 bits per heavy atom. The van der Waals surface area contributed by atoms with Crippen molar-refractivity contribution in [2.45, 2.75) is 6.54 Å². The van der Waals surface area contributed by atoms with Crippen LogP contribution in [0.5, 0.6) is 11.5 Å². The minimum atomic E-state index is -0.297. The van der Waals surface area contributed by atoms with Crippen LogP contribution in [0.4, 0.5) is 5.13 Å². The van der Waals surface area contributed by atoms with Crippen molar-refractivity contribution < 1.29 is 14.3 Å². The third-order valence-corrected chi connectivity index (χ3v) is 4.96. The average molecular weight is 422 g/mol. The number of hydrogen-bond acceptors (Lipinski definition) is 8. The van der Waals surface area contributed by atoms with E-state index >= 15 is 0 Å². The summed E-state index contributed by atoms with van der Waals surface area (Å²) in [5.41, 5.74) is 2.34. The molecule has 0 aliphatic carbocycles. The topological polar surface area (TPSA) is 104 Å². The van der Waals surface area contributed by atoms with Crippen LogP contribution in [-0.4, -0.2) is 45.3 Å². The number of thiazole rings is 1. The summed E-state index contributed by atoms with van der Waals surface area (Å²) in [6, 6.07) is 14.9. The molecule has 4 aromatic rings. The quantitative estimate of drug-likeness (QED) is 0.488. The average Bonchev–Trinajstić information content (AvgIpc) is 3.43. The molecule has 0 radical (unpaired) electrons. The minimum Gasteiger partial charge on any atom is -0.497 e. The zero-order valence-electron chi connectivity index (χ0n) is 16.3. The molecule has 0 saturated carbocycles. The number of anilines is 1. The summed E-state index contributed by atoms with van der Waals surface area (Å²) in [7, 11) is 3.18. The molecule has 0 unspecified atom stereocenters. The summed E-state index contributed by atoms with van der Waals surface area (Å²) in [5.74, 6) is 1.49. The molecule has 1 N–H and O–H groups in total. The molecular weight excluding hydrogens is 404 g/mol. The number of rotatable bonds is 7. The normalized spacial score (nSPS) is 10.6. The third kappa shape index (κ3) is 4.28. The van der Waals surface area contributed by atoms with Crippen molar-refractivity contribution in [2.75, 3.05) is 19.5 Å². The number of ether oxygens (including phenoxy) is 2. The van der Waals surface area contributed by atoms with Crippen molar-refractivity contribution in [1.29, 1.82) is 0 Å². The number of amides is 1. The maximum absolute atomic E-state index is 12.4. The Morgan fingerprint density at radius 2 is 1.97 bits per heavy atom. The number of aromatic nitrogens is 5. The van der Waals surface area contributed by atoms with E-state index in [0.717, 1.165) is 11.1 Å². The number of tetrazole rings is 1. The number of nitrogens with one attached hydrogen (secondary N) is 1. The van der Waals surface area contributed by atoms with E-state index in [1.807, 2.05) is 47.8 Å². The highest BCUT2D eigenvalue weighted by Gasteiger charge is 2.14. The van der Waals surface area contributed by atoms with Gasteiger partial charge in [0.25, 0.3) is 0 Å². The van der Waals surface area contributed by atoms with Crippen LogP contribution in [0.2, 0.25) is 0 Å². The lowest BCUT2D eigenvalue weighted by molar-refractivity contribution is -0.117. The van der Waals surface area contributed by atoms with Gasteiger partial charge in [0.15, 0.2) is 5.13 Å². The van der Waals surface area contributed by atoms with Gasteiger partial charge in [-0.1, -0.05) is 30.3 Å². The highest BCUT2D eigenvalue weighted by Crippen LogP contribution is 2.34. The van der Waals surface area contributed by atoms with E-state index in [9.17, 15) is 4.79 Å². The van der Waals surface area contributed by atoms with Crippen molar-refractivity contribution in [1.82, 2.24) is 25.2 Å². The number of hydrogen-bond donors (Lipinski definition) is 1. The lowest BCUT2D eigenvalue weighted by atomic mass is 10.1. The van der Waals surface area contributed by atoms with E-state index in [1.165, 1.54) is 16.1 Å². The van der Waals surface area contributed by atoms with Gasteiger partial charge in [0.05, 0.1) is 19.9 Å². The van der Waals surface area contributed by atoms with Crippen molar-refractivity contribution in [2.24, 2.45) is 0 Å². The molecule has 2 aromatic carbocycles. The summed E-state index contributed by atoms with van der Waals surface area (Å²) < 4.78 is 10.6. The van der Waals surface area contributed by atoms with E-state index in [4.69, 9.17) is 9.47 Å². The molecule has 2 heterocycles. The maximum Gasteiger partial charge on any atom is 0.249 e. The Labute approximate surface area is 176 Å². The Balaban J connectivity index is 1.43. The van der Waals surface area contributed by atoms with Crippen molar-refractivity contribution >= 4 is 22.4 Å². The number of methoxy groups -OCH3 is 2. The third-order valence-electron chi connectivity index (χ3n) is 4.21. The number of nitrogens with zero attached hydrogens (tertiary/aromatic N) is 5. The van der Waals surface area contributed by atoms with Gasteiger partial charge in [-0.2, -0.15) is 4.80 Å². The molecule has 152 valence electrons. The largest absolute Gasteiger partial charge is 0.497 e. The van der Waals surface area contributed by atoms with Gasteiger partial charge in [0.2, 0.25) is 11.7 Å². The first-order valence-corrected chi connectivity index (χ1v) is 9.85. The van der Waals surface area contributed by atoms with Gasteiger partial charge < -0.3 is 14.8 Å². The minimum absolute atomic E-state index is 0.0688. The molecule has 2 aromatic heterocycles. The second-order valence-corrected chi connectivity index (χ2v) is 7.02. The van der Waals surface area contributed by atoms with Crippen LogP contribution in [0.1, 0.15) is 0 Å². The fourth-order valence-corrected chi connectivity index (χ4v) is 3.49. The summed E-state index contributed by atoms with van der Waals surface area (Å²) in [6.45, 7) is -0.0688. The second kappa shape index (κ2) is 8.70. The van der Waals surface area contributed by atoms with E-state index in [0.29, 0.717) is 28.1 Å². The Hall–Kier alpha value is -3.79. The molecule has 10 heteroatoms.